The molecule has 0 radical (unpaired) electrons. The third-order valence-corrected chi connectivity index (χ3v) is 3.41. The van der Waals surface area contributed by atoms with E-state index < -0.39 is 6.23 Å². The topological polar surface area (TPSA) is 32.3 Å². The first-order valence-electron chi connectivity index (χ1n) is 7.67. The van der Waals surface area contributed by atoms with Crippen molar-refractivity contribution in [2.45, 2.75) is 39.8 Å². The molecule has 1 unspecified atom stereocenters. The lowest BCUT2D eigenvalue weighted by Crippen LogP contribution is -2.14. The minimum Gasteiger partial charge on any atom is -0.374 e. The molecule has 116 valence electrons. The van der Waals surface area contributed by atoms with Crippen molar-refractivity contribution < 1.29 is 6.53 Å². The maximum absolute atomic E-state index is 9.68. The van der Waals surface area contributed by atoms with Crippen LogP contribution in [0.25, 0.3) is 11.1 Å². The number of nitrogens with one attached hydrogen (secondary N) is 1. The second-order valence-corrected chi connectivity index (χ2v) is 5.09. The van der Waals surface area contributed by atoms with Crippen molar-refractivity contribution in [2.75, 3.05) is 7.05 Å². The Bertz CT molecular complexity index is 520. The molecular formula is C19H29NO. The summed E-state index contributed by atoms with van der Waals surface area (Å²) in [5.74, 6) is 0.558. The highest BCUT2D eigenvalue weighted by molar-refractivity contribution is 5.64. The third kappa shape index (κ3) is 4.69. The van der Waals surface area contributed by atoms with Crippen LogP contribution in [0.2, 0.25) is 0 Å². The Hall–Kier alpha value is -1.64. The second-order valence-electron chi connectivity index (χ2n) is 5.09. The molecule has 21 heavy (non-hydrogen) atoms. The van der Waals surface area contributed by atoms with E-state index in [1.54, 1.807) is 7.05 Å². The third-order valence-electron chi connectivity index (χ3n) is 3.41. The summed E-state index contributed by atoms with van der Waals surface area (Å²) in [5.41, 5.74) is 4.60. The quantitative estimate of drug-likeness (QED) is 0.779. The Kier molecular flexibility index (Phi) is 7.13. The van der Waals surface area contributed by atoms with Gasteiger partial charge in [0, 0.05) is 1.43 Å². The van der Waals surface area contributed by atoms with E-state index in [4.69, 9.17) is 0 Å². The summed E-state index contributed by atoms with van der Waals surface area (Å²) < 4.78 is 0. The summed E-state index contributed by atoms with van der Waals surface area (Å²) in [6.45, 7) is 8.39. The van der Waals surface area contributed by atoms with E-state index in [-0.39, 0.29) is 1.43 Å². The van der Waals surface area contributed by atoms with E-state index in [1.165, 1.54) is 16.7 Å². The normalized spacial score (nSPS) is 11.8. The Morgan fingerprint density at radius 3 is 1.52 bits per heavy atom. The molecule has 2 nitrogen and oxygen atoms in total. The van der Waals surface area contributed by atoms with Gasteiger partial charge in [-0.15, -0.1) is 0 Å². The zero-order chi connectivity index (χ0) is 15.8. The molecular weight excluding hydrogens is 258 g/mol. The minimum atomic E-state index is -0.600. The first-order chi connectivity index (χ1) is 10.1. The van der Waals surface area contributed by atoms with Gasteiger partial charge < -0.3 is 5.11 Å². The number of aliphatic hydroxyl groups is 1. The molecule has 2 N–H and O–H groups in total. The smallest absolute Gasteiger partial charge is 0.130 e. The van der Waals surface area contributed by atoms with Crippen molar-refractivity contribution in [3.05, 3.63) is 59.7 Å². The summed E-state index contributed by atoms with van der Waals surface area (Å²) in [4.78, 5) is 0. The van der Waals surface area contributed by atoms with E-state index in [1.807, 2.05) is 38.1 Å². The van der Waals surface area contributed by atoms with Crippen LogP contribution < -0.4 is 5.32 Å². The molecule has 2 rings (SSSR count). The van der Waals surface area contributed by atoms with Crippen LogP contribution in [0.1, 0.15) is 52.4 Å². The highest BCUT2D eigenvalue weighted by atomic mass is 16.3. The predicted octanol–water partition coefficient (Wildman–Crippen LogP) is 4.96. The molecule has 1 atom stereocenters. The molecule has 2 heteroatoms. The highest BCUT2D eigenvalue weighted by Crippen LogP contribution is 2.23. The monoisotopic (exact) mass is 287 g/mol. The fourth-order valence-corrected chi connectivity index (χ4v) is 2.08. The van der Waals surface area contributed by atoms with Gasteiger partial charge in [-0.2, -0.15) is 0 Å². The number of aliphatic hydroxyl groups excluding tert-OH is 1. The predicted molar refractivity (Wildman–Crippen MR) is 93.4 cm³/mol. The van der Waals surface area contributed by atoms with Crippen LogP contribution in [-0.2, 0) is 0 Å². The van der Waals surface area contributed by atoms with Crippen molar-refractivity contribution in [3.63, 3.8) is 0 Å². The van der Waals surface area contributed by atoms with Crippen LogP contribution in [0.4, 0.5) is 0 Å². The maximum atomic E-state index is 9.68. The van der Waals surface area contributed by atoms with Crippen LogP contribution in [0, 0.1) is 0 Å². The Morgan fingerprint density at radius 2 is 1.19 bits per heavy atom. The molecule has 0 spiro atoms. The number of rotatable bonds is 4. The van der Waals surface area contributed by atoms with E-state index in [0.29, 0.717) is 5.92 Å². The largest absolute Gasteiger partial charge is 0.374 e. The fraction of sp³-hybridized carbons (Fsp3) is 0.368. The van der Waals surface area contributed by atoms with E-state index in [9.17, 15) is 5.11 Å². The average molecular weight is 287 g/mol. The van der Waals surface area contributed by atoms with Gasteiger partial charge in [0.2, 0.25) is 0 Å². The molecule has 0 aliphatic heterocycles. The van der Waals surface area contributed by atoms with Gasteiger partial charge in [-0.3, -0.25) is 5.32 Å². The summed E-state index contributed by atoms with van der Waals surface area (Å²) in [5, 5.41) is 12.5. The fourth-order valence-electron chi connectivity index (χ4n) is 2.08. The van der Waals surface area contributed by atoms with E-state index in [0.717, 1.165) is 5.56 Å². The first-order valence-corrected chi connectivity index (χ1v) is 7.67. The summed E-state index contributed by atoms with van der Waals surface area (Å²) in [6.07, 6.45) is -0.600. The Morgan fingerprint density at radius 1 is 0.810 bits per heavy atom. The molecule has 0 aliphatic carbocycles. The molecule has 2 aromatic rings. The zero-order valence-corrected chi connectivity index (χ0v) is 13.7. The maximum Gasteiger partial charge on any atom is 0.130 e. The number of benzene rings is 2. The van der Waals surface area contributed by atoms with Crippen molar-refractivity contribution >= 4 is 0 Å². The van der Waals surface area contributed by atoms with Crippen molar-refractivity contribution in [1.29, 1.82) is 0 Å². The number of hydrogen-bond acceptors (Lipinski definition) is 2. The molecule has 0 heterocycles. The van der Waals surface area contributed by atoms with Gasteiger partial charge in [-0.05, 0) is 35.2 Å². The van der Waals surface area contributed by atoms with Gasteiger partial charge in [0.15, 0.2) is 0 Å². The molecule has 0 aromatic heterocycles. The highest BCUT2D eigenvalue weighted by Gasteiger charge is 2.05. The molecule has 2 aromatic carbocycles. The van der Waals surface area contributed by atoms with Gasteiger partial charge in [0.1, 0.15) is 6.23 Å². The van der Waals surface area contributed by atoms with Crippen molar-refractivity contribution in [2.24, 2.45) is 0 Å². The second kappa shape index (κ2) is 8.60. The summed E-state index contributed by atoms with van der Waals surface area (Å²) >= 11 is 0. The molecule has 0 aliphatic rings. The van der Waals surface area contributed by atoms with E-state index in [2.05, 4.69) is 43.4 Å². The van der Waals surface area contributed by atoms with Gasteiger partial charge in [0.25, 0.3) is 0 Å². The lowest BCUT2D eigenvalue weighted by Gasteiger charge is -2.11. The molecule has 0 fully saturated rings. The van der Waals surface area contributed by atoms with Crippen LogP contribution in [0.15, 0.2) is 48.5 Å². The molecule has 0 amide bonds. The van der Waals surface area contributed by atoms with Gasteiger partial charge in [0.05, 0.1) is 0 Å². The van der Waals surface area contributed by atoms with Gasteiger partial charge in [-0.1, -0.05) is 76.2 Å². The lowest BCUT2D eigenvalue weighted by atomic mass is 9.98. The first kappa shape index (κ1) is 17.4. The van der Waals surface area contributed by atoms with Crippen LogP contribution in [-0.4, -0.2) is 12.2 Å². The van der Waals surface area contributed by atoms with Crippen LogP contribution in [0.3, 0.4) is 0 Å². The average Bonchev–Trinajstić information content (AvgIpc) is 2.56. The molecule has 0 saturated heterocycles. The van der Waals surface area contributed by atoms with Crippen LogP contribution in [0.5, 0.6) is 0 Å². The SMILES string of the molecule is CC.CNC(O)c1ccc(-c2ccc(C(C)C)cc2)cc1.[HH]. The molecule has 0 bridgehead atoms. The summed E-state index contributed by atoms with van der Waals surface area (Å²) in [6, 6.07) is 16.6. The van der Waals surface area contributed by atoms with Gasteiger partial charge >= 0.3 is 0 Å². The molecule has 0 saturated carbocycles. The zero-order valence-electron chi connectivity index (χ0n) is 13.7. The van der Waals surface area contributed by atoms with Crippen LogP contribution >= 0.6 is 0 Å². The number of hydrogen-bond donors (Lipinski definition) is 2. The standard InChI is InChI=1S/C17H21NO.C2H6.H2/c1-12(2)13-4-6-14(7-5-13)15-8-10-16(11-9-15)17(19)18-3;1-2;/h4-12,17-19H,1-3H3;1-2H3;1H. The Labute approximate surface area is 130 Å². The lowest BCUT2D eigenvalue weighted by molar-refractivity contribution is 0.149. The van der Waals surface area contributed by atoms with Crippen molar-refractivity contribution in [1.82, 2.24) is 5.32 Å². The van der Waals surface area contributed by atoms with E-state index >= 15 is 0 Å². The summed E-state index contributed by atoms with van der Waals surface area (Å²) in [7, 11) is 1.74. The van der Waals surface area contributed by atoms with Gasteiger partial charge in [-0.25, -0.2) is 0 Å². The Balaban J connectivity index is 0.00000141. The van der Waals surface area contributed by atoms with Crippen molar-refractivity contribution in [3.8, 4) is 11.1 Å². The minimum absolute atomic E-state index is 0.